The number of likely N-dealkylation sites (N-methyl/N-ethyl adjacent to an activating group) is 2. The van der Waals surface area contributed by atoms with Gasteiger partial charge in [0.1, 0.15) is 0 Å². The van der Waals surface area contributed by atoms with Gasteiger partial charge in [-0.1, -0.05) is 13.0 Å². The third-order valence-corrected chi connectivity index (χ3v) is 4.52. The molecular formula is C15H24N4S. The summed E-state index contributed by atoms with van der Waals surface area (Å²) in [6, 6.07) is 0. The second kappa shape index (κ2) is 7.02. The molecule has 1 N–H and O–H groups in total. The molecule has 2 heterocycles. The summed E-state index contributed by atoms with van der Waals surface area (Å²) >= 11 is 1.72. The Balaban J connectivity index is 2.19. The number of hydrogen-bond acceptors (Lipinski definition) is 4. The molecule has 0 radical (unpaired) electrons. The molecule has 0 saturated heterocycles. The molecule has 0 atom stereocenters. The molecule has 4 nitrogen and oxygen atoms in total. The first-order valence-electron chi connectivity index (χ1n) is 7.15. The van der Waals surface area contributed by atoms with Crippen LogP contribution >= 0.6 is 11.3 Å². The molecular weight excluding hydrogens is 268 g/mol. The van der Waals surface area contributed by atoms with E-state index in [9.17, 15) is 0 Å². The maximum Gasteiger partial charge on any atom is 0.194 e. The first-order valence-corrected chi connectivity index (χ1v) is 8.03. The Bertz CT molecular complexity index is 582. The zero-order valence-corrected chi connectivity index (χ0v) is 13.6. The predicted octanol–water partition coefficient (Wildman–Crippen LogP) is 2.86. The van der Waals surface area contributed by atoms with E-state index < -0.39 is 0 Å². The first kappa shape index (κ1) is 15.2. The van der Waals surface area contributed by atoms with Crippen LogP contribution in [0.15, 0.2) is 17.7 Å². The Hall–Kier alpha value is -1.17. The number of nitrogens with one attached hydrogen (secondary N) is 1. The van der Waals surface area contributed by atoms with E-state index >= 15 is 0 Å². The lowest BCUT2D eigenvalue weighted by atomic mass is 10.2. The minimum atomic E-state index is 0.975. The zero-order valence-electron chi connectivity index (χ0n) is 12.8. The summed E-state index contributed by atoms with van der Waals surface area (Å²) in [5.74, 6) is 0. The predicted molar refractivity (Wildman–Crippen MR) is 87.3 cm³/mol. The Kier molecular flexibility index (Phi) is 5.34. The lowest BCUT2D eigenvalue weighted by molar-refractivity contribution is 0.278. The minimum Gasteiger partial charge on any atom is -0.318 e. The smallest absolute Gasteiger partial charge is 0.194 e. The average Bonchev–Trinajstić information content (AvgIpc) is 3.04. The summed E-state index contributed by atoms with van der Waals surface area (Å²) < 4.78 is 2.23. The molecule has 2 rings (SSSR count). The van der Waals surface area contributed by atoms with Gasteiger partial charge in [0.15, 0.2) is 4.96 Å². The number of hydrogen-bond donors (Lipinski definition) is 1. The standard InChI is InChI=1S/C15H24N4S/c1-5-12(3)14-10-19-13(11-20-15(19)17-14)9-18(6-2)8-7-16-4/h5,10-11,16H,6-9H2,1-4H3/b12-5+. The topological polar surface area (TPSA) is 32.6 Å². The minimum absolute atomic E-state index is 0.975. The summed E-state index contributed by atoms with van der Waals surface area (Å²) in [4.78, 5) is 8.21. The molecule has 2 aromatic rings. The molecule has 0 aliphatic heterocycles. The van der Waals surface area contributed by atoms with Gasteiger partial charge < -0.3 is 5.32 Å². The summed E-state index contributed by atoms with van der Waals surface area (Å²) in [6.45, 7) is 10.5. The van der Waals surface area contributed by atoms with E-state index in [0.717, 1.165) is 36.8 Å². The molecule has 0 aliphatic rings. The number of allylic oxidation sites excluding steroid dienone is 2. The lowest BCUT2D eigenvalue weighted by Crippen LogP contribution is -2.30. The number of imidazole rings is 1. The molecule has 20 heavy (non-hydrogen) atoms. The van der Waals surface area contributed by atoms with Gasteiger partial charge in [0.2, 0.25) is 0 Å². The van der Waals surface area contributed by atoms with E-state index in [1.54, 1.807) is 11.3 Å². The summed E-state index contributed by atoms with van der Waals surface area (Å²) in [7, 11) is 2.00. The van der Waals surface area contributed by atoms with Gasteiger partial charge >= 0.3 is 0 Å². The van der Waals surface area contributed by atoms with Gasteiger partial charge in [-0.05, 0) is 33.0 Å². The molecule has 0 saturated carbocycles. The summed E-state index contributed by atoms with van der Waals surface area (Å²) in [5.41, 5.74) is 3.64. The lowest BCUT2D eigenvalue weighted by Gasteiger charge is -2.19. The molecule has 0 aliphatic carbocycles. The van der Waals surface area contributed by atoms with Crippen LogP contribution in [-0.4, -0.2) is 41.0 Å². The highest BCUT2D eigenvalue weighted by Gasteiger charge is 2.11. The Labute approximate surface area is 125 Å². The molecule has 110 valence electrons. The van der Waals surface area contributed by atoms with E-state index in [0.29, 0.717) is 0 Å². The molecule has 0 aromatic carbocycles. The Morgan fingerprint density at radius 2 is 2.35 bits per heavy atom. The second-order valence-electron chi connectivity index (χ2n) is 4.95. The van der Waals surface area contributed by atoms with Crippen molar-refractivity contribution in [3.63, 3.8) is 0 Å². The van der Waals surface area contributed by atoms with Gasteiger partial charge in [0, 0.05) is 36.9 Å². The Morgan fingerprint density at radius 3 is 3.00 bits per heavy atom. The fourth-order valence-electron chi connectivity index (χ4n) is 2.13. The van der Waals surface area contributed by atoms with Gasteiger partial charge in [-0.15, -0.1) is 11.3 Å². The van der Waals surface area contributed by atoms with Crippen molar-refractivity contribution in [2.24, 2.45) is 0 Å². The van der Waals surface area contributed by atoms with Crippen LogP contribution < -0.4 is 5.32 Å². The van der Waals surface area contributed by atoms with Gasteiger partial charge in [-0.2, -0.15) is 0 Å². The largest absolute Gasteiger partial charge is 0.318 e. The van der Waals surface area contributed by atoms with Crippen molar-refractivity contribution in [2.75, 3.05) is 26.7 Å². The van der Waals surface area contributed by atoms with E-state index in [-0.39, 0.29) is 0 Å². The average molecular weight is 292 g/mol. The fraction of sp³-hybridized carbons (Fsp3) is 0.533. The van der Waals surface area contributed by atoms with Crippen molar-refractivity contribution >= 4 is 21.9 Å². The van der Waals surface area contributed by atoms with Crippen LogP contribution in [0.25, 0.3) is 10.5 Å². The number of fused-ring (bicyclic) bond motifs is 1. The van der Waals surface area contributed by atoms with Crippen LogP contribution in [-0.2, 0) is 6.54 Å². The monoisotopic (exact) mass is 292 g/mol. The molecule has 0 bridgehead atoms. The van der Waals surface area contributed by atoms with E-state index in [2.05, 4.69) is 58.0 Å². The van der Waals surface area contributed by atoms with Crippen molar-refractivity contribution in [1.82, 2.24) is 19.6 Å². The normalized spacial score (nSPS) is 12.8. The highest BCUT2D eigenvalue weighted by atomic mass is 32.1. The first-order chi connectivity index (χ1) is 9.69. The van der Waals surface area contributed by atoms with Crippen LogP contribution in [0.4, 0.5) is 0 Å². The van der Waals surface area contributed by atoms with Crippen LogP contribution in [0, 0.1) is 0 Å². The molecule has 0 unspecified atom stereocenters. The van der Waals surface area contributed by atoms with Crippen molar-refractivity contribution in [3.05, 3.63) is 29.0 Å². The van der Waals surface area contributed by atoms with E-state index in [4.69, 9.17) is 0 Å². The van der Waals surface area contributed by atoms with E-state index in [1.165, 1.54) is 11.3 Å². The molecule has 0 fully saturated rings. The van der Waals surface area contributed by atoms with E-state index in [1.807, 2.05) is 7.05 Å². The van der Waals surface area contributed by atoms with Gasteiger partial charge in [0.25, 0.3) is 0 Å². The van der Waals surface area contributed by atoms with Gasteiger partial charge in [-0.3, -0.25) is 9.30 Å². The number of nitrogens with zero attached hydrogens (tertiary/aromatic N) is 3. The van der Waals surface area contributed by atoms with Crippen LogP contribution in [0.5, 0.6) is 0 Å². The highest BCUT2D eigenvalue weighted by molar-refractivity contribution is 7.15. The van der Waals surface area contributed by atoms with Crippen molar-refractivity contribution < 1.29 is 0 Å². The van der Waals surface area contributed by atoms with Gasteiger partial charge in [0.05, 0.1) is 5.69 Å². The number of rotatable bonds is 7. The molecule has 2 aromatic heterocycles. The maximum atomic E-state index is 4.68. The fourth-order valence-corrected chi connectivity index (χ4v) is 2.99. The molecule has 0 spiro atoms. The molecule has 0 amide bonds. The van der Waals surface area contributed by atoms with Crippen molar-refractivity contribution in [2.45, 2.75) is 27.3 Å². The molecule has 5 heteroatoms. The number of thiazole rings is 1. The maximum absolute atomic E-state index is 4.68. The van der Waals surface area contributed by atoms with Crippen LogP contribution in [0.3, 0.4) is 0 Å². The van der Waals surface area contributed by atoms with Crippen molar-refractivity contribution in [3.8, 4) is 0 Å². The second-order valence-corrected chi connectivity index (χ2v) is 5.79. The third-order valence-electron chi connectivity index (χ3n) is 3.63. The third kappa shape index (κ3) is 3.29. The summed E-state index contributed by atoms with van der Waals surface area (Å²) in [6.07, 6.45) is 4.26. The zero-order chi connectivity index (χ0) is 14.5. The van der Waals surface area contributed by atoms with Crippen molar-refractivity contribution in [1.29, 1.82) is 0 Å². The van der Waals surface area contributed by atoms with Crippen LogP contribution in [0.2, 0.25) is 0 Å². The number of aromatic nitrogens is 2. The SMILES string of the molecule is C/C=C(\C)c1cn2c(CN(CC)CCNC)csc2n1. The summed E-state index contributed by atoms with van der Waals surface area (Å²) in [5, 5.41) is 5.43. The quantitative estimate of drug-likeness (QED) is 0.852. The van der Waals surface area contributed by atoms with Gasteiger partial charge in [-0.25, -0.2) is 4.98 Å². The highest BCUT2D eigenvalue weighted by Crippen LogP contribution is 2.21. The van der Waals surface area contributed by atoms with Crippen LogP contribution in [0.1, 0.15) is 32.2 Å². The Morgan fingerprint density at radius 1 is 1.55 bits per heavy atom.